The van der Waals surface area contributed by atoms with Crippen molar-refractivity contribution in [2.75, 3.05) is 6.54 Å². The Hall–Kier alpha value is -1.36. The Labute approximate surface area is 115 Å². The van der Waals surface area contributed by atoms with Gasteiger partial charge in [-0.1, -0.05) is 19.4 Å². The number of alkyl halides is 3. The molecule has 106 valence electrons. The molecule has 0 spiro atoms. The van der Waals surface area contributed by atoms with Gasteiger partial charge in [0, 0.05) is 12.1 Å². The number of rotatable bonds is 7. The predicted molar refractivity (Wildman–Crippen MR) is 70.0 cm³/mol. The summed E-state index contributed by atoms with van der Waals surface area (Å²) >= 11 is 5.97. The molecule has 0 fully saturated rings. The van der Waals surface area contributed by atoms with E-state index in [-0.39, 0.29) is 22.6 Å². The second-order valence-corrected chi connectivity index (χ2v) is 4.62. The summed E-state index contributed by atoms with van der Waals surface area (Å²) < 4.78 is 28.3. The number of carbonyl (C=O) groups is 1. The van der Waals surface area contributed by atoms with Gasteiger partial charge in [-0.3, -0.25) is 4.79 Å². The monoisotopic (exact) mass is 291 g/mol. The molecule has 0 aliphatic carbocycles. The average Bonchev–Trinajstić information content (AvgIpc) is 2.36. The Morgan fingerprint density at radius 3 is 2.84 bits per heavy atom. The molecular weight excluding hydrogens is 276 g/mol. The van der Waals surface area contributed by atoms with E-state index in [0.29, 0.717) is 6.54 Å². The van der Waals surface area contributed by atoms with Crippen LogP contribution in [0.4, 0.5) is 8.78 Å². The number of ether oxygens (including phenoxy) is 1. The van der Waals surface area contributed by atoms with Crippen LogP contribution >= 0.6 is 11.6 Å². The van der Waals surface area contributed by atoms with Crippen LogP contribution in [0.5, 0.6) is 5.75 Å². The number of nitrogens with one attached hydrogen (secondary N) is 1. The molecule has 0 aromatic heterocycles. The molecule has 0 bridgehead atoms. The largest absolute Gasteiger partial charge is 0.435 e. The number of hydrogen-bond acceptors (Lipinski definition) is 2. The third kappa shape index (κ3) is 5.87. The van der Waals surface area contributed by atoms with E-state index in [1.54, 1.807) is 0 Å². The Morgan fingerprint density at radius 2 is 2.21 bits per heavy atom. The van der Waals surface area contributed by atoms with E-state index in [0.717, 1.165) is 12.8 Å². The topological polar surface area (TPSA) is 38.3 Å². The summed E-state index contributed by atoms with van der Waals surface area (Å²) in [6.07, 6.45) is 1.73. The highest BCUT2D eigenvalue weighted by Gasteiger charge is 2.11. The number of carbonyl (C=O) groups excluding carboxylic acids is 1. The molecule has 0 saturated carbocycles. The fourth-order valence-electron chi connectivity index (χ4n) is 1.53. The lowest BCUT2D eigenvalue weighted by atomic mass is 10.2. The molecular formula is C13H16ClF2NO2. The maximum atomic E-state index is 12.1. The highest BCUT2D eigenvalue weighted by molar-refractivity contribution is 6.20. The highest BCUT2D eigenvalue weighted by atomic mass is 35.5. The zero-order valence-electron chi connectivity index (χ0n) is 10.5. The lowest BCUT2D eigenvalue weighted by molar-refractivity contribution is -0.0498. The van der Waals surface area contributed by atoms with Crippen molar-refractivity contribution in [3.63, 3.8) is 0 Å². The van der Waals surface area contributed by atoms with Crippen LogP contribution in [0.1, 0.15) is 30.1 Å². The first-order valence-corrected chi connectivity index (χ1v) is 6.43. The maximum absolute atomic E-state index is 12.1. The Balaban J connectivity index is 2.56. The third-order valence-electron chi connectivity index (χ3n) is 2.41. The molecule has 1 rings (SSSR count). The Bertz CT molecular complexity index is 415. The van der Waals surface area contributed by atoms with Gasteiger partial charge in [-0.05, 0) is 24.6 Å². The van der Waals surface area contributed by atoms with Gasteiger partial charge in [0.15, 0.2) is 0 Å². The van der Waals surface area contributed by atoms with Crippen molar-refractivity contribution in [2.24, 2.45) is 0 Å². The van der Waals surface area contributed by atoms with Crippen LogP contribution in [-0.2, 0) is 0 Å². The average molecular weight is 292 g/mol. The van der Waals surface area contributed by atoms with Gasteiger partial charge in [0.2, 0.25) is 0 Å². The van der Waals surface area contributed by atoms with Gasteiger partial charge in [0.1, 0.15) is 5.75 Å². The molecule has 1 unspecified atom stereocenters. The van der Waals surface area contributed by atoms with Gasteiger partial charge in [-0.25, -0.2) is 0 Å². The second kappa shape index (κ2) is 7.94. The van der Waals surface area contributed by atoms with Gasteiger partial charge in [0.25, 0.3) is 5.91 Å². The highest BCUT2D eigenvalue weighted by Crippen LogP contribution is 2.16. The van der Waals surface area contributed by atoms with Crippen molar-refractivity contribution in [2.45, 2.75) is 31.8 Å². The van der Waals surface area contributed by atoms with Gasteiger partial charge in [0.05, 0.1) is 5.38 Å². The Morgan fingerprint density at radius 1 is 1.47 bits per heavy atom. The van der Waals surface area contributed by atoms with E-state index in [9.17, 15) is 13.6 Å². The molecule has 0 saturated heterocycles. The molecule has 0 aliphatic rings. The van der Waals surface area contributed by atoms with E-state index in [1.807, 2.05) is 6.92 Å². The van der Waals surface area contributed by atoms with Crippen LogP contribution in [0.15, 0.2) is 24.3 Å². The summed E-state index contributed by atoms with van der Waals surface area (Å²) in [4.78, 5) is 11.8. The number of amides is 1. The van der Waals surface area contributed by atoms with E-state index in [4.69, 9.17) is 11.6 Å². The lowest BCUT2D eigenvalue weighted by Gasteiger charge is -2.10. The third-order valence-corrected chi connectivity index (χ3v) is 2.78. The van der Waals surface area contributed by atoms with Gasteiger partial charge < -0.3 is 10.1 Å². The first-order valence-electron chi connectivity index (χ1n) is 6.00. The molecule has 1 amide bonds. The fourth-order valence-corrected chi connectivity index (χ4v) is 1.83. The van der Waals surface area contributed by atoms with Crippen LogP contribution in [0.2, 0.25) is 0 Å². The van der Waals surface area contributed by atoms with E-state index in [2.05, 4.69) is 10.1 Å². The molecule has 1 aromatic rings. The molecule has 19 heavy (non-hydrogen) atoms. The SMILES string of the molecule is CCCC(Cl)CNC(=O)c1cccc(OC(F)F)c1. The van der Waals surface area contributed by atoms with Crippen molar-refractivity contribution in [3.05, 3.63) is 29.8 Å². The first-order chi connectivity index (χ1) is 9.02. The van der Waals surface area contributed by atoms with Gasteiger partial charge in [-0.2, -0.15) is 8.78 Å². The summed E-state index contributed by atoms with van der Waals surface area (Å²) in [7, 11) is 0. The minimum Gasteiger partial charge on any atom is -0.435 e. The molecule has 3 nitrogen and oxygen atoms in total. The van der Waals surface area contributed by atoms with Crippen LogP contribution in [-0.4, -0.2) is 24.4 Å². The normalized spacial score (nSPS) is 12.3. The van der Waals surface area contributed by atoms with E-state index >= 15 is 0 Å². The van der Waals surface area contributed by atoms with Gasteiger partial charge >= 0.3 is 6.61 Å². The summed E-state index contributed by atoms with van der Waals surface area (Å²) in [5.74, 6) is -0.403. The summed E-state index contributed by atoms with van der Waals surface area (Å²) in [5, 5.41) is 2.52. The second-order valence-electron chi connectivity index (χ2n) is 4.00. The predicted octanol–water partition coefficient (Wildman–Crippen LogP) is 3.43. The molecule has 0 aliphatic heterocycles. The first kappa shape index (κ1) is 15.7. The van der Waals surface area contributed by atoms with Crippen LogP contribution in [0, 0.1) is 0 Å². The minimum atomic E-state index is -2.91. The lowest BCUT2D eigenvalue weighted by Crippen LogP contribution is -2.29. The maximum Gasteiger partial charge on any atom is 0.387 e. The summed E-state index contributed by atoms with van der Waals surface area (Å²) in [5.41, 5.74) is 0.263. The fraction of sp³-hybridized carbons (Fsp3) is 0.462. The van der Waals surface area contributed by atoms with Crippen molar-refractivity contribution in [1.29, 1.82) is 0 Å². The zero-order valence-corrected chi connectivity index (χ0v) is 11.3. The number of halogens is 3. The number of benzene rings is 1. The molecule has 1 N–H and O–H groups in total. The molecule has 0 heterocycles. The molecule has 6 heteroatoms. The summed E-state index contributed by atoms with van der Waals surface area (Å²) in [6, 6.07) is 5.64. The van der Waals surface area contributed by atoms with Crippen LogP contribution in [0.25, 0.3) is 0 Å². The molecule has 0 radical (unpaired) electrons. The van der Waals surface area contributed by atoms with Crippen molar-refractivity contribution in [1.82, 2.24) is 5.32 Å². The molecule has 1 atom stereocenters. The quantitative estimate of drug-likeness (QED) is 0.782. The van der Waals surface area contributed by atoms with Gasteiger partial charge in [-0.15, -0.1) is 11.6 Å². The van der Waals surface area contributed by atoms with Crippen molar-refractivity contribution in [3.8, 4) is 5.75 Å². The zero-order chi connectivity index (χ0) is 14.3. The van der Waals surface area contributed by atoms with Crippen molar-refractivity contribution < 1.29 is 18.3 Å². The van der Waals surface area contributed by atoms with Crippen LogP contribution < -0.4 is 10.1 Å². The van der Waals surface area contributed by atoms with Crippen molar-refractivity contribution >= 4 is 17.5 Å². The van der Waals surface area contributed by atoms with Crippen LogP contribution in [0.3, 0.4) is 0 Å². The number of hydrogen-bond donors (Lipinski definition) is 1. The standard InChI is InChI=1S/C13H16ClF2NO2/c1-2-4-10(14)8-17-12(18)9-5-3-6-11(7-9)19-13(15)16/h3,5-7,10,13H,2,4,8H2,1H3,(H,17,18). The van der Waals surface area contributed by atoms with E-state index in [1.165, 1.54) is 24.3 Å². The minimum absolute atomic E-state index is 0.0429. The summed E-state index contributed by atoms with van der Waals surface area (Å²) in [6.45, 7) is -0.564. The Kier molecular flexibility index (Phi) is 6.56. The van der Waals surface area contributed by atoms with E-state index < -0.39 is 6.61 Å². The molecule has 1 aromatic carbocycles. The smallest absolute Gasteiger partial charge is 0.387 e.